The lowest BCUT2D eigenvalue weighted by Gasteiger charge is -2.03. The SMILES string of the molecule is CCCC(N)=C(Cl)C(=O)OCC. The predicted octanol–water partition coefficient (Wildman–Crippen LogP) is 1.76. The number of ether oxygens (including phenoxy) is 1. The molecule has 0 bridgehead atoms. The molecule has 0 aliphatic heterocycles. The van der Waals surface area contributed by atoms with Crippen LogP contribution in [0.2, 0.25) is 0 Å². The molecule has 0 fully saturated rings. The summed E-state index contributed by atoms with van der Waals surface area (Å²) in [5.74, 6) is -0.537. The molecule has 2 N–H and O–H groups in total. The maximum Gasteiger partial charge on any atom is 0.351 e. The van der Waals surface area contributed by atoms with Gasteiger partial charge in [-0.3, -0.25) is 0 Å². The van der Waals surface area contributed by atoms with Crippen molar-refractivity contribution in [2.45, 2.75) is 26.7 Å². The second kappa shape index (κ2) is 5.89. The number of allylic oxidation sites excluding steroid dienone is 1. The van der Waals surface area contributed by atoms with Crippen molar-refractivity contribution < 1.29 is 9.53 Å². The predicted molar refractivity (Wildman–Crippen MR) is 48.6 cm³/mol. The molecule has 0 aliphatic rings. The third-order valence-electron chi connectivity index (χ3n) is 1.26. The number of rotatable bonds is 4. The van der Waals surface area contributed by atoms with Crippen LogP contribution >= 0.6 is 11.6 Å². The van der Waals surface area contributed by atoms with Gasteiger partial charge in [0.15, 0.2) is 0 Å². The lowest BCUT2D eigenvalue weighted by molar-refractivity contribution is -0.137. The van der Waals surface area contributed by atoms with E-state index >= 15 is 0 Å². The van der Waals surface area contributed by atoms with Gasteiger partial charge in [0, 0.05) is 5.70 Å². The minimum absolute atomic E-state index is 0.0127. The van der Waals surface area contributed by atoms with Gasteiger partial charge in [0.1, 0.15) is 5.03 Å². The van der Waals surface area contributed by atoms with Crippen LogP contribution in [0.15, 0.2) is 10.7 Å². The molecule has 0 rings (SSSR count). The molecule has 0 aliphatic carbocycles. The molecule has 0 atom stereocenters. The Morgan fingerprint density at radius 1 is 1.50 bits per heavy atom. The van der Waals surface area contributed by atoms with E-state index in [-0.39, 0.29) is 5.03 Å². The number of carbonyl (C=O) groups is 1. The molecule has 0 saturated carbocycles. The summed E-state index contributed by atoms with van der Waals surface area (Å²) in [6, 6.07) is 0. The Labute approximate surface area is 77.5 Å². The fourth-order valence-electron chi connectivity index (χ4n) is 0.705. The van der Waals surface area contributed by atoms with Gasteiger partial charge in [-0.15, -0.1) is 0 Å². The third kappa shape index (κ3) is 3.62. The number of hydrogen-bond donors (Lipinski definition) is 1. The van der Waals surface area contributed by atoms with E-state index in [0.29, 0.717) is 18.7 Å². The van der Waals surface area contributed by atoms with Crippen LogP contribution in [0, 0.1) is 0 Å². The topological polar surface area (TPSA) is 52.3 Å². The van der Waals surface area contributed by atoms with E-state index in [2.05, 4.69) is 4.74 Å². The zero-order valence-corrected chi connectivity index (χ0v) is 8.15. The molecule has 0 saturated heterocycles. The first-order valence-corrected chi connectivity index (χ1v) is 4.32. The summed E-state index contributed by atoms with van der Waals surface area (Å²) in [4.78, 5) is 11.0. The van der Waals surface area contributed by atoms with Crippen molar-refractivity contribution in [1.29, 1.82) is 0 Å². The van der Waals surface area contributed by atoms with Crippen LogP contribution in [0.3, 0.4) is 0 Å². The molecule has 0 aromatic heterocycles. The first-order valence-electron chi connectivity index (χ1n) is 3.94. The number of hydrogen-bond acceptors (Lipinski definition) is 3. The van der Waals surface area contributed by atoms with Gasteiger partial charge in [-0.2, -0.15) is 0 Å². The Hall–Kier alpha value is -0.700. The van der Waals surface area contributed by atoms with E-state index in [0.717, 1.165) is 6.42 Å². The molecular formula is C8H14ClNO2. The average Bonchev–Trinajstić information content (AvgIpc) is 2.04. The van der Waals surface area contributed by atoms with Crippen molar-refractivity contribution in [3.05, 3.63) is 10.7 Å². The number of carbonyl (C=O) groups excluding carboxylic acids is 1. The Bertz CT molecular complexity index is 189. The number of esters is 1. The molecule has 0 radical (unpaired) electrons. The molecule has 70 valence electrons. The Balaban J connectivity index is 4.22. The highest BCUT2D eigenvalue weighted by Crippen LogP contribution is 2.11. The first-order chi connectivity index (χ1) is 5.63. The standard InChI is InChI=1S/C8H14ClNO2/c1-3-5-6(10)7(9)8(11)12-4-2/h3-5,10H2,1-2H3. The van der Waals surface area contributed by atoms with Crippen LogP contribution in [0.1, 0.15) is 26.7 Å². The molecule has 4 heteroatoms. The van der Waals surface area contributed by atoms with Crippen molar-refractivity contribution in [1.82, 2.24) is 0 Å². The van der Waals surface area contributed by atoms with Gasteiger partial charge in [0.25, 0.3) is 0 Å². The fourth-order valence-corrected chi connectivity index (χ4v) is 0.854. The van der Waals surface area contributed by atoms with Crippen LogP contribution < -0.4 is 5.73 Å². The van der Waals surface area contributed by atoms with Crippen LogP contribution in [0.4, 0.5) is 0 Å². The molecule has 0 spiro atoms. The Kier molecular flexibility index (Phi) is 5.54. The summed E-state index contributed by atoms with van der Waals surface area (Å²) in [5.41, 5.74) is 5.91. The number of nitrogens with two attached hydrogens (primary N) is 1. The minimum atomic E-state index is -0.537. The molecule has 0 heterocycles. The second-order valence-electron chi connectivity index (χ2n) is 2.31. The van der Waals surface area contributed by atoms with E-state index < -0.39 is 5.97 Å². The van der Waals surface area contributed by atoms with Crippen LogP contribution in [0.5, 0.6) is 0 Å². The second-order valence-corrected chi connectivity index (χ2v) is 2.69. The smallest absolute Gasteiger partial charge is 0.351 e. The Morgan fingerprint density at radius 2 is 2.08 bits per heavy atom. The van der Waals surface area contributed by atoms with Gasteiger partial charge in [-0.1, -0.05) is 24.9 Å². The zero-order valence-electron chi connectivity index (χ0n) is 7.39. The lowest BCUT2D eigenvalue weighted by atomic mass is 10.2. The normalized spacial score (nSPS) is 12.2. The van der Waals surface area contributed by atoms with E-state index in [9.17, 15) is 4.79 Å². The highest BCUT2D eigenvalue weighted by Gasteiger charge is 2.10. The maximum absolute atomic E-state index is 11.0. The van der Waals surface area contributed by atoms with Crippen LogP contribution in [-0.2, 0) is 9.53 Å². The average molecular weight is 192 g/mol. The fraction of sp³-hybridized carbons (Fsp3) is 0.625. The summed E-state index contributed by atoms with van der Waals surface area (Å²) in [5, 5.41) is 0.0127. The molecule has 12 heavy (non-hydrogen) atoms. The van der Waals surface area contributed by atoms with Crippen molar-refractivity contribution in [2.75, 3.05) is 6.61 Å². The largest absolute Gasteiger partial charge is 0.462 e. The van der Waals surface area contributed by atoms with E-state index in [1.54, 1.807) is 6.92 Å². The van der Waals surface area contributed by atoms with E-state index in [1.807, 2.05) is 6.92 Å². The minimum Gasteiger partial charge on any atom is -0.462 e. The van der Waals surface area contributed by atoms with Gasteiger partial charge in [-0.05, 0) is 13.3 Å². The monoisotopic (exact) mass is 191 g/mol. The molecule has 3 nitrogen and oxygen atoms in total. The molecular weight excluding hydrogens is 178 g/mol. The van der Waals surface area contributed by atoms with Crippen molar-refractivity contribution in [2.24, 2.45) is 5.73 Å². The van der Waals surface area contributed by atoms with Crippen molar-refractivity contribution in [3.8, 4) is 0 Å². The van der Waals surface area contributed by atoms with Gasteiger partial charge in [-0.25, -0.2) is 4.79 Å². The lowest BCUT2D eigenvalue weighted by Crippen LogP contribution is -2.10. The van der Waals surface area contributed by atoms with Crippen molar-refractivity contribution >= 4 is 17.6 Å². The maximum atomic E-state index is 11.0. The summed E-state index contributed by atoms with van der Waals surface area (Å²) in [6.45, 7) is 3.99. The summed E-state index contributed by atoms with van der Waals surface area (Å²) in [6.07, 6.45) is 1.49. The quantitative estimate of drug-likeness (QED) is 0.544. The van der Waals surface area contributed by atoms with E-state index in [4.69, 9.17) is 17.3 Å². The van der Waals surface area contributed by atoms with Crippen molar-refractivity contribution in [3.63, 3.8) is 0 Å². The highest BCUT2D eigenvalue weighted by atomic mass is 35.5. The molecule has 0 aromatic rings. The molecule has 0 amide bonds. The van der Waals surface area contributed by atoms with Gasteiger partial charge in [0.05, 0.1) is 6.61 Å². The number of halogens is 1. The molecule has 0 unspecified atom stereocenters. The summed E-state index contributed by atoms with van der Waals surface area (Å²) in [7, 11) is 0. The summed E-state index contributed by atoms with van der Waals surface area (Å²) >= 11 is 5.62. The first kappa shape index (κ1) is 11.3. The van der Waals surface area contributed by atoms with Gasteiger partial charge in [0.2, 0.25) is 0 Å². The zero-order chi connectivity index (χ0) is 9.56. The van der Waals surface area contributed by atoms with Crippen LogP contribution in [-0.4, -0.2) is 12.6 Å². The van der Waals surface area contributed by atoms with Gasteiger partial charge >= 0.3 is 5.97 Å². The Morgan fingerprint density at radius 3 is 2.50 bits per heavy atom. The summed E-state index contributed by atoms with van der Waals surface area (Å²) < 4.78 is 4.66. The third-order valence-corrected chi connectivity index (χ3v) is 1.65. The van der Waals surface area contributed by atoms with E-state index in [1.165, 1.54) is 0 Å². The van der Waals surface area contributed by atoms with Gasteiger partial charge < -0.3 is 10.5 Å². The highest BCUT2D eigenvalue weighted by molar-refractivity contribution is 6.41. The van der Waals surface area contributed by atoms with Crippen LogP contribution in [0.25, 0.3) is 0 Å². The molecule has 0 aromatic carbocycles.